The van der Waals surface area contributed by atoms with Gasteiger partial charge in [-0.3, -0.25) is 19.2 Å². The molecule has 3 aromatic rings. The molecule has 0 heterocycles. The standard InChI is InChI=1S/C42H46N4O4/c1-31(2)30-46(28-13-5-10-23-41(45)49)42(50)38(20-7-4-9-22-40(44)48)33(16-6-3-8-21-39(43)47)18-14-15-32-24-27-37-35(29-32)26-25-34-17-11-12-19-36(34)37/h3-14,17-19,21-27,29,31H,15-16,20,28,30H2,1-2H3,(H2,43,47)(H2,44,48)(H2,45,49)/b6-3+,7-4+,13-5+,18-14?,21-8+,22-9+,23-10+,38-33?. The topological polar surface area (TPSA) is 150 Å². The van der Waals surface area contributed by atoms with Crippen LogP contribution < -0.4 is 17.2 Å². The van der Waals surface area contributed by atoms with Gasteiger partial charge in [-0.15, -0.1) is 0 Å². The number of amides is 4. The van der Waals surface area contributed by atoms with Crippen molar-refractivity contribution >= 4 is 45.2 Å². The fourth-order valence-electron chi connectivity index (χ4n) is 5.30. The molecule has 3 rings (SSSR count). The number of allylic oxidation sites excluding steroid dienone is 11. The number of carbonyl (C=O) groups excluding carboxylic acids is 4. The molecule has 8 nitrogen and oxygen atoms in total. The molecule has 0 aromatic heterocycles. The number of nitrogens with two attached hydrogens (primary N) is 3. The van der Waals surface area contributed by atoms with Crippen molar-refractivity contribution in [1.82, 2.24) is 4.90 Å². The van der Waals surface area contributed by atoms with Crippen LogP contribution in [0.3, 0.4) is 0 Å². The first-order valence-electron chi connectivity index (χ1n) is 16.5. The summed E-state index contributed by atoms with van der Waals surface area (Å²) >= 11 is 0. The second kappa shape index (κ2) is 20.4. The van der Waals surface area contributed by atoms with Crippen LogP contribution in [0.1, 0.15) is 32.3 Å². The monoisotopic (exact) mass is 670 g/mol. The van der Waals surface area contributed by atoms with Gasteiger partial charge in [-0.25, -0.2) is 0 Å². The summed E-state index contributed by atoms with van der Waals surface area (Å²) in [5, 5.41) is 4.75. The van der Waals surface area contributed by atoms with Crippen molar-refractivity contribution in [2.24, 2.45) is 23.1 Å². The van der Waals surface area contributed by atoms with Crippen molar-refractivity contribution in [2.75, 3.05) is 13.1 Å². The number of primary amides is 3. The highest BCUT2D eigenvalue weighted by molar-refractivity contribution is 6.07. The molecule has 0 aliphatic heterocycles. The van der Waals surface area contributed by atoms with Gasteiger partial charge in [-0.1, -0.05) is 135 Å². The molecule has 0 fully saturated rings. The number of benzene rings is 3. The molecule has 258 valence electrons. The quantitative estimate of drug-likeness (QED) is 0.0810. The van der Waals surface area contributed by atoms with Gasteiger partial charge >= 0.3 is 0 Å². The average molecular weight is 671 g/mol. The van der Waals surface area contributed by atoms with Crippen molar-refractivity contribution < 1.29 is 19.2 Å². The molecule has 0 aliphatic rings. The van der Waals surface area contributed by atoms with Crippen LogP contribution in [0.5, 0.6) is 0 Å². The summed E-state index contributed by atoms with van der Waals surface area (Å²) in [5.74, 6) is -1.64. The third-order valence-electron chi connectivity index (χ3n) is 7.51. The molecule has 3 aromatic carbocycles. The molecule has 4 amide bonds. The zero-order chi connectivity index (χ0) is 36.3. The van der Waals surface area contributed by atoms with E-state index in [1.807, 2.05) is 44.2 Å². The molecule has 0 unspecified atom stereocenters. The summed E-state index contributed by atoms with van der Waals surface area (Å²) < 4.78 is 0. The second-order valence-electron chi connectivity index (χ2n) is 12.0. The Morgan fingerprint density at radius 2 is 1.22 bits per heavy atom. The molecular weight excluding hydrogens is 624 g/mol. The number of hydrogen-bond acceptors (Lipinski definition) is 4. The highest BCUT2D eigenvalue weighted by atomic mass is 16.2. The highest BCUT2D eigenvalue weighted by Crippen LogP contribution is 2.27. The minimum absolute atomic E-state index is 0.149. The van der Waals surface area contributed by atoms with E-state index >= 15 is 0 Å². The minimum atomic E-state index is -0.568. The zero-order valence-corrected chi connectivity index (χ0v) is 28.7. The third kappa shape index (κ3) is 13.2. The Hall–Kier alpha value is -6.02. The van der Waals surface area contributed by atoms with Gasteiger partial charge in [0.25, 0.3) is 5.91 Å². The first-order valence-corrected chi connectivity index (χ1v) is 16.5. The Kier molecular flexibility index (Phi) is 15.7. The van der Waals surface area contributed by atoms with E-state index in [1.54, 1.807) is 41.4 Å². The Morgan fingerprint density at radius 3 is 1.86 bits per heavy atom. The van der Waals surface area contributed by atoms with Gasteiger partial charge in [0.15, 0.2) is 0 Å². The lowest BCUT2D eigenvalue weighted by atomic mass is 9.97. The largest absolute Gasteiger partial charge is 0.366 e. The van der Waals surface area contributed by atoms with Gasteiger partial charge in [0, 0.05) is 36.9 Å². The Labute approximate surface area is 294 Å². The van der Waals surface area contributed by atoms with Gasteiger partial charge in [0.05, 0.1) is 0 Å². The number of hydrogen-bond donors (Lipinski definition) is 3. The van der Waals surface area contributed by atoms with Crippen LogP contribution in [0.25, 0.3) is 21.5 Å². The van der Waals surface area contributed by atoms with Gasteiger partial charge in [0.1, 0.15) is 0 Å². The minimum Gasteiger partial charge on any atom is -0.366 e. The van der Waals surface area contributed by atoms with E-state index in [4.69, 9.17) is 17.2 Å². The van der Waals surface area contributed by atoms with E-state index in [0.29, 0.717) is 31.5 Å². The number of rotatable bonds is 18. The highest BCUT2D eigenvalue weighted by Gasteiger charge is 2.20. The maximum absolute atomic E-state index is 14.3. The van der Waals surface area contributed by atoms with E-state index in [9.17, 15) is 19.2 Å². The first-order chi connectivity index (χ1) is 24.0. The van der Waals surface area contributed by atoms with Crippen molar-refractivity contribution in [3.8, 4) is 0 Å². The summed E-state index contributed by atoms with van der Waals surface area (Å²) in [5.41, 5.74) is 18.2. The number of fused-ring (bicyclic) bond motifs is 3. The molecule has 8 heteroatoms. The maximum atomic E-state index is 14.3. The molecular formula is C42H46N4O4. The normalized spacial score (nSPS) is 13.1. The number of nitrogens with zero attached hydrogens (tertiary/aromatic N) is 1. The SMILES string of the molecule is CC(C)CN(C/C=C/C=C/C(N)=O)C(=O)C(C/C=C/C=C/C(N)=O)=C(C=CCc1ccc2c(ccc3ccccc32)c1)C/C=C/C=C/C(N)=O. The Balaban J connectivity index is 2.04. The van der Waals surface area contributed by atoms with Crippen LogP contribution in [0.2, 0.25) is 0 Å². The molecule has 0 radical (unpaired) electrons. The summed E-state index contributed by atoms with van der Waals surface area (Å²) in [7, 11) is 0. The van der Waals surface area contributed by atoms with Crippen LogP contribution in [0.4, 0.5) is 0 Å². The lowest BCUT2D eigenvalue weighted by molar-refractivity contribution is -0.127. The summed E-state index contributed by atoms with van der Waals surface area (Å²) in [6, 6.07) is 19.1. The predicted octanol–water partition coefficient (Wildman–Crippen LogP) is 6.45. The Bertz CT molecular complexity index is 1920. The molecule has 0 bridgehead atoms. The average Bonchev–Trinajstić information content (AvgIpc) is 3.07. The van der Waals surface area contributed by atoms with Gasteiger partial charge in [0.2, 0.25) is 17.7 Å². The smallest absolute Gasteiger partial charge is 0.250 e. The number of carbonyl (C=O) groups is 4. The van der Waals surface area contributed by atoms with Crippen molar-refractivity contribution in [3.05, 3.63) is 156 Å². The van der Waals surface area contributed by atoms with E-state index in [2.05, 4.69) is 48.5 Å². The molecule has 6 N–H and O–H groups in total. The van der Waals surface area contributed by atoms with Crippen LogP contribution >= 0.6 is 0 Å². The van der Waals surface area contributed by atoms with Crippen molar-refractivity contribution in [2.45, 2.75) is 33.1 Å². The van der Waals surface area contributed by atoms with E-state index in [1.165, 1.54) is 40.5 Å². The summed E-state index contributed by atoms with van der Waals surface area (Å²) in [4.78, 5) is 49.6. The molecule has 0 aliphatic carbocycles. The summed E-state index contributed by atoms with van der Waals surface area (Å²) in [6.45, 7) is 4.89. The lowest BCUT2D eigenvalue weighted by Gasteiger charge is -2.25. The van der Waals surface area contributed by atoms with Crippen LogP contribution in [0, 0.1) is 5.92 Å². The fourth-order valence-corrected chi connectivity index (χ4v) is 5.30. The van der Waals surface area contributed by atoms with Crippen LogP contribution in [-0.4, -0.2) is 41.6 Å². The van der Waals surface area contributed by atoms with Crippen molar-refractivity contribution in [1.29, 1.82) is 0 Å². The van der Waals surface area contributed by atoms with Gasteiger partial charge in [-0.2, -0.15) is 0 Å². The second-order valence-corrected chi connectivity index (χ2v) is 12.0. The lowest BCUT2D eigenvalue weighted by Crippen LogP contribution is -2.35. The molecule has 0 atom stereocenters. The van der Waals surface area contributed by atoms with Crippen molar-refractivity contribution in [3.63, 3.8) is 0 Å². The Morgan fingerprint density at radius 1 is 0.640 bits per heavy atom. The molecule has 50 heavy (non-hydrogen) atoms. The summed E-state index contributed by atoms with van der Waals surface area (Å²) in [6.07, 6.45) is 24.3. The van der Waals surface area contributed by atoms with Gasteiger partial charge in [-0.05, 0) is 57.9 Å². The van der Waals surface area contributed by atoms with Crippen LogP contribution in [0.15, 0.2) is 151 Å². The molecule has 0 spiro atoms. The predicted molar refractivity (Wildman–Crippen MR) is 204 cm³/mol. The van der Waals surface area contributed by atoms with E-state index in [0.717, 1.165) is 16.5 Å². The third-order valence-corrected chi connectivity index (χ3v) is 7.51. The zero-order valence-electron chi connectivity index (χ0n) is 28.7. The molecule has 0 saturated heterocycles. The maximum Gasteiger partial charge on any atom is 0.250 e. The fraction of sp³-hybridized carbons (Fsp3) is 0.190. The first kappa shape index (κ1) is 38.4. The van der Waals surface area contributed by atoms with E-state index in [-0.39, 0.29) is 18.2 Å². The van der Waals surface area contributed by atoms with Gasteiger partial charge < -0.3 is 22.1 Å². The van der Waals surface area contributed by atoms with E-state index < -0.39 is 17.7 Å². The molecule has 0 saturated carbocycles. The van der Waals surface area contributed by atoms with Crippen LogP contribution in [-0.2, 0) is 25.6 Å².